The minimum absolute atomic E-state index is 0. The van der Waals surface area contributed by atoms with Crippen LogP contribution in [0.4, 0.5) is 17.3 Å². The second-order valence-corrected chi connectivity index (χ2v) is 16.4. The Balaban J connectivity index is -0.0000000566. The van der Waals surface area contributed by atoms with Gasteiger partial charge in [-0.25, -0.2) is 0 Å². The zero-order chi connectivity index (χ0) is 28.5. The molecule has 0 amide bonds. The van der Waals surface area contributed by atoms with Crippen molar-refractivity contribution in [3.05, 3.63) is 0 Å². The second-order valence-electron chi connectivity index (χ2n) is 8.40. The Labute approximate surface area is 224 Å². The first-order valence-corrected chi connectivity index (χ1v) is 14.2. The quantitative estimate of drug-likeness (QED) is 0.169. The van der Waals surface area contributed by atoms with E-state index in [0.29, 0.717) is 0 Å². The van der Waals surface area contributed by atoms with Gasteiger partial charge in [-0.15, -0.1) is 0 Å². The topological polar surface area (TPSA) is 64.7 Å². The summed E-state index contributed by atoms with van der Waals surface area (Å²) in [5.41, 5.74) is 5.39. The molecule has 0 saturated heterocycles. The number of carbonyl (C=O) groups excluding carboxylic acids is 1. The third-order valence-corrected chi connectivity index (χ3v) is 10.7. The molecular weight excluding hydrogens is 570 g/mol. The number of hydrogen-bond donors (Lipinski definition) is 0. The van der Waals surface area contributed by atoms with E-state index < -0.39 is 7.25 Å². The molecule has 0 aromatic carbocycles. The van der Waals surface area contributed by atoms with Crippen LogP contribution in [-0.4, -0.2) is 48.0 Å². The van der Waals surface area contributed by atoms with E-state index in [-0.39, 0.29) is 35.3 Å². The molecule has 0 heterocycles. The van der Waals surface area contributed by atoms with E-state index in [9.17, 15) is 17.3 Å². The number of nitrogens with zero attached hydrogens (tertiary/aromatic N) is 2. The molecule has 0 saturated carbocycles. The van der Waals surface area contributed by atoms with Gasteiger partial charge in [0.25, 0.3) is 0 Å². The van der Waals surface area contributed by atoms with Crippen LogP contribution in [0.1, 0.15) is 96.9 Å². The normalized spacial score (nSPS) is 9.76. The molecule has 0 spiro atoms. The van der Waals surface area contributed by atoms with Crippen LogP contribution in [0, 0.1) is 22.7 Å². The Morgan fingerprint density at radius 2 is 0.618 bits per heavy atom. The standard InChI is InChI=1S/2C9H21P.2C2H3N.CH2O.BF4.Ru.H/c2*1-7(2)10(8(3)4)9(5)6;2*1-2-3;1-2;2-1(3,4)5;;/h2*7-9H,1-6H3;2*1H3;1H2;;;/q;;;;;-1;+1;. The van der Waals surface area contributed by atoms with Gasteiger partial charge in [-0.05, 0) is 34.0 Å². The molecular formula is C23H51BF4N2OP2Ru. The minimum atomic E-state index is -6.00. The van der Waals surface area contributed by atoms with Crippen LogP contribution in [0.2, 0.25) is 0 Å². The van der Waals surface area contributed by atoms with Crippen LogP contribution < -0.4 is 0 Å². The molecule has 0 aromatic heterocycles. The second kappa shape index (κ2) is 32.9. The van der Waals surface area contributed by atoms with Gasteiger partial charge in [-0.2, -0.15) is 10.5 Å². The Hall–Kier alpha value is -0.0817. The molecule has 11 heteroatoms. The van der Waals surface area contributed by atoms with E-state index in [1.54, 1.807) is 12.1 Å². The monoisotopic (exact) mass is 622 g/mol. The van der Waals surface area contributed by atoms with Crippen molar-refractivity contribution in [1.82, 2.24) is 0 Å². The van der Waals surface area contributed by atoms with Gasteiger partial charge in [0.1, 0.15) is 6.79 Å². The van der Waals surface area contributed by atoms with Crippen LogP contribution in [0.15, 0.2) is 0 Å². The fraction of sp³-hybridized carbons (Fsp3) is 0.870. The molecule has 0 aliphatic rings. The van der Waals surface area contributed by atoms with Gasteiger partial charge in [0, 0.05) is 13.8 Å². The molecule has 0 fully saturated rings. The first-order chi connectivity index (χ1) is 14.8. The van der Waals surface area contributed by atoms with Crippen molar-refractivity contribution in [2.24, 2.45) is 0 Å². The first kappa shape index (κ1) is 50.7. The maximum absolute atomic E-state index is 9.75. The molecule has 0 bridgehead atoms. The summed E-state index contributed by atoms with van der Waals surface area (Å²) in [5, 5.41) is 14.6. The molecule has 34 heavy (non-hydrogen) atoms. The fourth-order valence-corrected chi connectivity index (χ4v) is 10.7. The predicted octanol–water partition coefficient (Wildman–Crippen LogP) is 9.29. The van der Waals surface area contributed by atoms with Gasteiger partial charge in [-0.1, -0.05) is 98.9 Å². The average Bonchev–Trinajstić information content (AvgIpc) is 2.54. The molecule has 1 radical (unpaired) electrons. The molecule has 0 aromatic rings. The number of nitriles is 2. The molecule has 0 aliphatic carbocycles. The van der Waals surface area contributed by atoms with Crippen molar-refractivity contribution in [2.45, 2.75) is 131 Å². The van der Waals surface area contributed by atoms with Gasteiger partial charge in [0.15, 0.2) is 0 Å². The Kier molecular flexibility index (Phi) is 49.1. The van der Waals surface area contributed by atoms with Gasteiger partial charge in [0.2, 0.25) is 0 Å². The predicted molar refractivity (Wildman–Crippen MR) is 146 cm³/mol. The average molecular weight is 621 g/mol. The van der Waals surface area contributed by atoms with Crippen molar-refractivity contribution >= 4 is 29.9 Å². The summed E-state index contributed by atoms with van der Waals surface area (Å²) in [6, 6.07) is 3.50. The zero-order valence-electron chi connectivity index (χ0n) is 23.8. The number of carbonyl (C=O) groups is 1. The molecule has 0 N–H and O–H groups in total. The maximum atomic E-state index is 9.75. The summed E-state index contributed by atoms with van der Waals surface area (Å²) in [6.45, 7) is 33.1. The van der Waals surface area contributed by atoms with E-state index in [4.69, 9.17) is 15.3 Å². The molecule has 0 aliphatic heterocycles. The molecule has 0 atom stereocenters. The number of halogens is 4. The summed E-state index contributed by atoms with van der Waals surface area (Å²) in [4.78, 5) is 8.00. The van der Waals surface area contributed by atoms with Crippen LogP contribution in [0.3, 0.4) is 0 Å². The Morgan fingerprint density at radius 1 is 0.559 bits per heavy atom. The van der Waals surface area contributed by atoms with Gasteiger partial charge >= 0.3 is 26.7 Å². The van der Waals surface area contributed by atoms with Crippen LogP contribution in [-0.2, 0) is 24.3 Å². The van der Waals surface area contributed by atoms with Crippen molar-refractivity contribution in [2.75, 3.05) is 0 Å². The summed E-state index contributed by atoms with van der Waals surface area (Å²) in [7, 11) is -5.48. The fourth-order valence-electron chi connectivity index (χ4n) is 3.58. The van der Waals surface area contributed by atoms with Crippen molar-refractivity contribution in [3.63, 3.8) is 0 Å². The van der Waals surface area contributed by atoms with Gasteiger partial charge in [-0.3, -0.25) is 0 Å². The SMILES string of the molecule is C=O.CC#N.CC#N.CC(C)P(C(C)C)C(C)C.CC(C)P(C(C)C)C(C)C.F[B-](F)(F)F.[RuH+]. The van der Waals surface area contributed by atoms with Crippen molar-refractivity contribution in [1.29, 1.82) is 10.5 Å². The van der Waals surface area contributed by atoms with E-state index in [0.717, 1.165) is 34.0 Å². The van der Waals surface area contributed by atoms with Crippen LogP contribution in [0.25, 0.3) is 0 Å². The zero-order valence-corrected chi connectivity index (χ0v) is 27.5. The summed E-state index contributed by atoms with van der Waals surface area (Å²) in [6.07, 6.45) is 0. The van der Waals surface area contributed by atoms with Crippen LogP contribution in [0.5, 0.6) is 0 Å². The van der Waals surface area contributed by atoms with Gasteiger partial charge < -0.3 is 22.1 Å². The van der Waals surface area contributed by atoms with Crippen LogP contribution >= 0.6 is 15.8 Å². The third kappa shape index (κ3) is 53.3. The molecule has 3 nitrogen and oxygen atoms in total. The van der Waals surface area contributed by atoms with Gasteiger partial charge in [0.05, 0.1) is 12.1 Å². The molecule has 208 valence electrons. The summed E-state index contributed by atoms with van der Waals surface area (Å²) in [5.74, 6) is 0. The first-order valence-electron chi connectivity index (χ1n) is 11.1. The molecule has 0 unspecified atom stereocenters. The number of hydrogen-bond acceptors (Lipinski definition) is 3. The molecule has 0 rings (SSSR count). The summed E-state index contributed by atoms with van der Waals surface area (Å²) < 4.78 is 39.0. The third-order valence-electron chi connectivity index (χ3n) is 3.58. The summed E-state index contributed by atoms with van der Waals surface area (Å²) >= 11 is 0. The van der Waals surface area contributed by atoms with E-state index in [1.807, 2.05) is 6.79 Å². The van der Waals surface area contributed by atoms with Crippen molar-refractivity contribution < 1.29 is 41.5 Å². The van der Waals surface area contributed by atoms with E-state index in [1.165, 1.54) is 13.8 Å². The number of rotatable bonds is 6. The van der Waals surface area contributed by atoms with E-state index in [2.05, 4.69) is 83.1 Å². The van der Waals surface area contributed by atoms with E-state index >= 15 is 0 Å². The van der Waals surface area contributed by atoms with Crippen molar-refractivity contribution in [3.8, 4) is 12.1 Å². The Morgan fingerprint density at radius 3 is 0.618 bits per heavy atom. The Bertz CT molecular complexity index is 403.